The smallest absolute Gasteiger partial charge is 0.233 e. The zero-order valence-corrected chi connectivity index (χ0v) is 16.5. The molecule has 2 saturated heterocycles. The van der Waals surface area contributed by atoms with Crippen LogP contribution in [0.15, 0.2) is 12.2 Å². The summed E-state index contributed by atoms with van der Waals surface area (Å²) in [5, 5.41) is 0. The molecule has 4 fully saturated rings. The van der Waals surface area contributed by atoms with E-state index in [9.17, 15) is 19.2 Å². The summed E-state index contributed by atoms with van der Waals surface area (Å²) in [7, 11) is 0. The zero-order valence-electron chi connectivity index (χ0n) is 16.5. The maximum atomic E-state index is 13.1. The normalized spacial score (nSPS) is 42.8. The zero-order chi connectivity index (χ0) is 19.7. The van der Waals surface area contributed by atoms with Gasteiger partial charge in [0.25, 0.3) is 0 Å². The standard InChI is InChI=1S/C22H28N2O4/c1-3-5-9-23-19(25)15-11-7-8-12(16(15)20(23)26)14-13(11)17-18(14)22(28)24(21(17)27)10-6-4-2/h7-8,11-18H,3-6,9-10H2,1-2H3/t11-,12+,13-,14-,15+,16-,17-,18-/m1/s1. The van der Waals surface area contributed by atoms with Crippen LogP contribution >= 0.6 is 0 Å². The Morgan fingerprint density at radius 2 is 1.00 bits per heavy atom. The molecule has 28 heavy (non-hydrogen) atoms. The number of allylic oxidation sites excluding steroid dienone is 2. The van der Waals surface area contributed by atoms with Crippen LogP contribution in [0, 0.1) is 47.3 Å². The van der Waals surface area contributed by atoms with Crippen LogP contribution in [0.4, 0.5) is 0 Å². The van der Waals surface area contributed by atoms with E-state index in [1.807, 2.05) is 13.8 Å². The lowest BCUT2D eigenvalue weighted by atomic mass is 9.40. The van der Waals surface area contributed by atoms with Crippen LogP contribution in [-0.4, -0.2) is 46.5 Å². The monoisotopic (exact) mass is 384 g/mol. The highest BCUT2D eigenvalue weighted by Gasteiger charge is 2.74. The Morgan fingerprint density at radius 1 is 0.643 bits per heavy atom. The highest BCUT2D eigenvalue weighted by Crippen LogP contribution is 2.68. The predicted molar refractivity (Wildman–Crippen MR) is 100 cm³/mol. The van der Waals surface area contributed by atoms with E-state index < -0.39 is 0 Å². The molecular weight excluding hydrogens is 356 g/mol. The van der Waals surface area contributed by atoms with Crippen molar-refractivity contribution in [1.29, 1.82) is 0 Å². The molecule has 4 amide bonds. The van der Waals surface area contributed by atoms with Crippen molar-refractivity contribution in [1.82, 2.24) is 9.80 Å². The summed E-state index contributed by atoms with van der Waals surface area (Å²) >= 11 is 0. The SMILES string of the molecule is CCCCN1C(=O)[C@@H]2[C@H]3C=C[C@@H]([C@@H]2C1=O)[C@H]1[C@H]2C(=O)N(CCCC)C(=O)[C@@H]2[C@H]31. The number of hydrogen-bond acceptors (Lipinski definition) is 4. The van der Waals surface area contributed by atoms with Gasteiger partial charge in [0.1, 0.15) is 0 Å². The summed E-state index contributed by atoms with van der Waals surface area (Å²) < 4.78 is 0. The first-order chi connectivity index (χ1) is 13.5. The molecule has 150 valence electrons. The molecule has 8 atom stereocenters. The average molecular weight is 384 g/mol. The minimum Gasteiger partial charge on any atom is -0.282 e. The van der Waals surface area contributed by atoms with Crippen LogP contribution in [0.3, 0.4) is 0 Å². The molecule has 2 heterocycles. The molecule has 0 radical (unpaired) electrons. The molecule has 0 aromatic carbocycles. The Morgan fingerprint density at radius 3 is 1.36 bits per heavy atom. The predicted octanol–water partition coefficient (Wildman–Crippen LogP) is 1.85. The van der Waals surface area contributed by atoms with Gasteiger partial charge in [0.2, 0.25) is 23.6 Å². The molecular formula is C22H28N2O4. The van der Waals surface area contributed by atoms with E-state index in [0.29, 0.717) is 13.1 Å². The van der Waals surface area contributed by atoms with Crippen molar-refractivity contribution < 1.29 is 19.2 Å². The Labute approximate surface area is 165 Å². The van der Waals surface area contributed by atoms with Gasteiger partial charge in [-0.15, -0.1) is 0 Å². The van der Waals surface area contributed by atoms with Crippen LogP contribution < -0.4 is 0 Å². The van der Waals surface area contributed by atoms with Gasteiger partial charge in [0.05, 0.1) is 23.7 Å². The molecule has 4 aliphatic carbocycles. The van der Waals surface area contributed by atoms with Crippen molar-refractivity contribution in [2.75, 3.05) is 13.1 Å². The molecule has 0 aromatic heterocycles. The number of nitrogens with zero attached hydrogens (tertiary/aromatic N) is 2. The molecule has 0 N–H and O–H groups in total. The molecule has 0 unspecified atom stereocenters. The fraction of sp³-hybridized carbons (Fsp3) is 0.727. The largest absolute Gasteiger partial charge is 0.282 e. The van der Waals surface area contributed by atoms with Crippen molar-refractivity contribution in [3.05, 3.63) is 12.2 Å². The average Bonchev–Trinajstić information content (AvgIpc) is 3.03. The van der Waals surface area contributed by atoms with Crippen LogP contribution in [0.25, 0.3) is 0 Å². The van der Waals surface area contributed by atoms with Crippen LogP contribution in [0.2, 0.25) is 0 Å². The second-order valence-electron chi connectivity index (χ2n) is 9.16. The van der Waals surface area contributed by atoms with E-state index in [4.69, 9.17) is 0 Å². The summed E-state index contributed by atoms with van der Waals surface area (Å²) in [4.78, 5) is 55.0. The highest BCUT2D eigenvalue weighted by molar-refractivity contribution is 6.09. The maximum Gasteiger partial charge on any atom is 0.233 e. The Kier molecular flexibility index (Phi) is 4.04. The van der Waals surface area contributed by atoms with E-state index in [-0.39, 0.29) is 71.0 Å². The van der Waals surface area contributed by atoms with E-state index in [1.165, 1.54) is 9.80 Å². The number of hydrogen-bond donors (Lipinski definition) is 0. The number of amides is 4. The Hall–Kier alpha value is -1.98. The van der Waals surface area contributed by atoms with Gasteiger partial charge in [0.15, 0.2) is 0 Å². The second-order valence-corrected chi connectivity index (χ2v) is 9.16. The molecule has 6 rings (SSSR count). The summed E-state index contributed by atoms with van der Waals surface area (Å²) in [6, 6.07) is 0. The van der Waals surface area contributed by atoms with Gasteiger partial charge in [-0.25, -0.2) is 0 Å². The van der Waals surface area contributed by atoms with Crippen LogP contribution in [-0.2, 0) is 19.2 Å². The molecule has 6 aliphatic rings. The summed E-state index contributed by atoms with van der Waals surface area (Å²) in [5.74, 6) is -1.44. The third-order valence-electron chi connectivity index (χ3n) is 8.00. The molecule has 2 aliphatic heterocycles. The first kappa shape index (κ1) is 18.1. The molecule has 0 spiro atoms. The van der Waals surface area contributed by atoms with Gasteiger partial charge in [-0.1, -0.05) is 38.8 Å². The number of carbonyl (C=O) groups excluding carboxylic acids is 4. The molecule has 2 bridgehead atoms. The lowest BCUT2D eigenvalue weighted by Crippen LogP contribution is -2.63. The van der Waals surface area contributed by atoms with Crippen LogP contribution in [0.5, 0.6) is 0 Å². The summed E-state index contributed by atoms with van der Waals surface area (Å²) in [6.07, 6.45) is 7.66. The summed E-state index contributed by atoms with van der Waals surface area (Å²) in [6.45, 7) is 5.09. The number of rotatable bonds is 6. The number of imide groups is 2. The molecule has 0 aromatic rings. The minimum absolute atomic E-state index is 0.0400. The summed E-state index contributed by atoms with van der Waals surface area (Å²) in [5.41, 5.74) is 0. The van der Waals surface area contributed by atoms with Gasteiger partial charge in [-0.2, -0.15) is 0 Å². The van der Waals surface area contributed by atoms with Crippen molar-refractivity contribution in [3.8, 4) is 0 Å². The lowest BCUT2D eigenvalue weighted by molar-refractivity contribution is -0.166. The van der Waals surface area contributed by atoms with Gasteiger partial charge in [-0.05, 0) is 36.5 Å². The third kappa shape index (κ3) is 2.04. The van der Waals surface area contributed by atoms with Crippen molar-refractivity contribution >= 4 is 23.6 Å². The minimum atomic E-state index is -0.325. The van der Waals surface area contributed by atoms with Gasteiger partial charge in [0, 0.05) is 13.1 Å². The van der Waals surface area contributed by atoms with Crippen LogP contribution in [0.1, 0.15) is 39.5 Å². The highest BCUT2D eigenvalue weighted by atomic mass is 16.2. The van der Waals surface area contributed by atoms with E-state index in [0.717, 1.165) is 25.7 Å². The Bertz CT molecular complexity index is 733. The lowest BCUT2D eigenvalue weighted by Gasteiger charge is -2.60. The first-order valence-corrected chi connectivity index (χ1v) is 10.9. The van der Waals surface area contributed by atoms with Gasteiger partial charge in [-0.3, -0.25) is 29.0 Å². The van der Waals surface area contributed by atoms with Crippen molar-refractivity contribution in [3.63, 3.8) is 0 Å². The molecule has 6 heteroatoms. The van der Waals surface area contributed by atoms with Gasteiger partial charge >= 0.3 is 0 Å². The Balaban J connectivity index is 1.45. The third-order valence-corrected chi connectivity index (χ3v) is 8.00. The number of fused-ring (bicyclic) bond motifs is 1. The maximum absolute atomic E-state index is 13.1. The number of unbranched alkanes of at least 4 members (excludes halogenated alkanes) is 2. The topological polar surface area (TPSA) is 74.8 Å². The van der Waals surface area contributed by atoms with E-state index >= 15 is 0 Å². The van der Waals surface area contributed by atoms with E-state index in [2.05, 4.69) is 12.2 Å². The quantitative estimate of drug-likeness (QED) is 0.517. The second kappa shape index (κ2) is 6.26. The van der Waals surface area contributed by atoms with Crippen molar-refractivity contribution in [2.24, 2.45) is 47.3 Å². The fourth-order valence-electron chi connectivity index (χ4n) is 6.80. The number of carbonyl (C=O) groups is 4. The fourth-order valence-corrected chi connectivity index (χ4v) is 6.80. The number of likely N-dealkylation sites (tertiary alicyclic amines) is 2. The first-order valence-electron chi connectivity index (χ1n) is 10.9. The molecule has 2 saturated carbocycles. The molecule has 6 nitrogen and oxygen atoms in total. The van der Waals surface area contributed by atoms with Gasteiger partial charge < -0.3 is 0 Å². The van der Waals surface area contributed by atoms with Crippen molar-refractivity contribution in [2.45, 2.75) is 39.5 Å². The van der Waals surface area contributed by atoms with E-state index in [1.54, 1.807) is 0 Å².